The van der Waals surface area contributed by atoms with Gasteiger partial charge in [-0.3, -0.25) is 9.48 Å². The molecule has 1 saturated carbocycles. The maximum absolute atomic E-state index is 12.4. The van der Waals surface area contributed by atoms with E-state index >= 15 is 0 Å². The largest absolute Gasteiger partial charge is 0.444 e. The number of hydrogen-bond acceptors (Lipinski definition) is 4. The number of aryl methyl sites for hydroxylation is 1. The lowest BCUT2D eigenvalue weighted by Crippen LogP contribution is -2.41. The molecule has 0 atom stereocenters. The van der Waals surface area contributed by atoms with Crippen LogP contribution < -0.4 is 5.32 Å². The second-order valence-corrected chi connectivity index (χ2v) is 6.90. The molecule has 1 fully saturated rings. The molecule has 0 spiro atoms. The van der Waals surface area contributed by atoms with Crippen LogP contribution >= 0.6 is 0 Å². The molecule has 6 heteroatoms. The third-order valence-corrected chi connectivity index (χ3v) is 3.89. The molecule has 0 unspecified atom stereocenters. The molecule has 0 radical (unpaired) electrons. The van der Waals surface area contributed by atoms with Crippen molar-refractivity contribution < 1.29 is 14.3 Å². The van der Waals surface area contributed by atoms with Crippen LogP contribution in [0.3, 0.4) is 0 Å². The average molecular weight is 307 g/mol. The van der Waals surface area contributed by atoms with Crippen LogP contribution in [0.4, 0.5) is 4.79 Å². The molecule has 0 saturated heterocycles. The number of aromatic nitrogens is 2. The van der Waals surface area contributed by atoms with Gasteiger partial charge in [0, 0.05) is 25.2 Å². The number of hydrogen-bond donors (Lipinski definition) is 1. The van der Waals surface area contributed by atoms with Gasteiger partial charge in [0.1, 0.15) is 11.3 Å². The Kier molecular flexibility index (Phi) is 4.88. The van der Waals surface area contributed by atoms with E-state index < -0.39 is 5.60 Å². The minimum atomic E-state index is -0.489. The van der Waals surface area contributed by atoms with E-state index in [0.29, 0.717) is 5.69 Å². The molecule has 0 bridgehead atoms. The van der Waals surface area contributed by atoms with Crippen LogP contribution in [0.15, 0.2) is 12.3 Å². The Morgan fingerprint density at radius 1 is 1.27 bits per heavy atom. The standard InChI is InChI=1S/C16H25N3O3/c1-16(2,3)22-15(21)18-12-7-5-11(6-8-12)14(20)13-9-10-17-19(13)4/h9-12H,5-8H2,1-4H3,(H,18,21). The average Bonchev–Trinajstić information content (AvgIpc) is 2.83. The van der Waals surface area contributed by atoms with Crippen LogP contribution in [-0.2, 0) is 11.8 Å². The van der Waals surface area contributed by atoms with E-state index in [9.17, 15) is 9.59 Å². The van der Waals surface area contributed by atoms with Gasteiger partial charge in [-0.1, -0.05) is 0 Å². The predicted molar refractivity (Wildman–Crippen MR) is 82.7 cm³/mol. The first-order chi connectivity index (χ1) is 10.3. The summed E-state index contributed by atoms with van der Waals surface area (Å²) in [6, 6.07) is 1.85. The quantitative estimate of drug-likeness (QED) is 0.871. The van der Waals surface area contributed by atoms with Gasteiger partial charge in [0.15, 0.2) is 5.78 Å². The van der Waals surface area contributed by atoms with Crippen molar-refractivity contribution in [1.29, 1.82) is 0 Å². The number of amides is 1. The lowest BCUT2D eigenvalue weighted by Gasteiger charge is -2.29. The van der Waals surface area contributed by atoms with E-state index in [2.05, 4.69) is 10.4 Å². The maximum atomic E-state index is 12.4. The zero-order chi connectivity index (χ0) is 16.3. The molecule has 1 aliphatic carbocycles. The summed E-state index contributed by atoms with van der Waals surface area (Å²) in [7, 11) is 1.78. The summed E-state index contributed by atoms with van der Waals surface area (Å²) in [5, 5.41) is 6.93. The van der Waals surface area contributed by atoms with Crippen molar-refractivity contribution in [2.75, 3.05) is 0 Å². The van der Waals surface area contributed by atoms with E-state index in [1.807, 2.05) is 20.8 Å². The lowest BCUT2D eigenvalue weighted by molar-refractivity contribution is 0.0487. The molecule has 1 aliphatic rings. The molecule has 1 N–H and O–H groups in total. The lowest BCUT2D eigenvalue weighted by atomic mass is 9.82. The third-order valence-electron chi connectivity index (χ3n) is 3.89. The topological polar surface area (TPSA) is 73.2 Å². The van der Waals surface area contributed by atoms with Crippen LogP contribution in [-0.4, -0.2) is 33.3 Å². The summed E-state index contributed by atoms with van der Waals surface area (Å²) in [5.41, 5.74) is 0.167. The van der Waals surface area contributed by atoms with E-state index in [0.717, 1.165) is 25.7 Å². The molecule has 6 nitrogen and oxygen atoms in total. The molecule has 0 aliphatic heterocycles. The van der Waals surface area contributed by atoms with Crippen molar-refractivity contribution in [2.45, 2.75) is 58.1 Å². The predicted octanol–water partition coefficient (Wildman–Crippen LogP) is 2.69. The van der Waals surface area contributed by atoms with Crippen LogP contribution in [0.25, 0.3) is 0 Å². The molecular weight excluding hydrogens is 282 g/mol. The summed E-state index contributed by atoms with van der Waals surface area (Å²) >= 11 is 0. The number of Topliss-reactive ketones (excluding diaryl/α,β-unsaturated/α-hetero) is 1. The Morgan fingerprint density at radius 2 is 1.91 bits per heavy atom. The van der Waals surface area contributed by atoms with Gasteiger partial charge in [-0.05, 0) is 52.5 Å². The third kappa shape index (κ3) is 4.32. The molecule has 22 heavy (non-hydrogen) atoms. The van der Waals surface area contributed by atoms with Crippen molar-refractivity contribution in [3.8, 4) is 0 Å². The minimum Gasteiger partial charge on any atom is -0.444 e. The molecule has 0 aromatic carbocycles. The fraction of sp³-hybridized carbons (Fsp3) is 0.688. The van der Waals surface area contributed by atoms with Crippen LogP contribution in [0, 0.1) is 5.92 Å². The van der Waals surface area contributed by atoms with E-state index in [-0.39, 0.29) is 23.8 Å². The highest BCUT2D eigenvalue weighted by molar-refractivity contribution is 5.96. The van der Waals surface area contributed by atoms with Gasteiger partial charge in [-0.25, -0.2) is 4.79 Å². The molecule has 1 aromatic rings. The van der Waals surface area contributed by atoms with Gasteiger partial charge >= 0.3 is 6.09 Å². The first kappa shape index (κ1) is 16.5. The Balaban J connectivity index is 1.82. The first-order valence-corrected chi connectivity index (χ1v) is 7.78. The van der Waals surface area contributed by atoms with Crippen LogP contribution in [0.1, 0.15) is 56.9 Å². The first-order valence-electron chi connectivity index (χ1n) is 7.78. The molecule has 122 valence electrons. The Labute approximate surface area is 131 Å². The van der Waals surface area contributed by atoms with Crippen molar-refractivity contribution in [2.24, 2.45) is 13.0 Å². The van der Waals surface area contributed by atoms with Gasteiger partial charge in [0.05, 0.1) is 0 Å². The Morgan fingerprint density at radius 3 is 2.41 bits per heavy atom. The second-order valence-electron chi connectivity index (χ2n) is 6.90. The van der Waals surface area contributed by atoms with Crippen LogP contribution in [0.5, 0.6) is 0 Å². The maximum Gasteiger partial charge on any atom is 0.407 e. The smallest absolute Gasteiger partial charge is 0.407 e. The highest BCUT2D eigenvalue weighted by atomic mass is 16.6. The highest BCUT2D eigenvalue weighted by Crippen LogP contribution is 2.27. The Bertz CT molecular complexity index is 537. The monoisotopic (exact) mass is 307 g/mol. The molecule has 1 amide bonds. The van der Waals surface area contributed by atoms with Crippen molar-refractivity contribution in [3.05, 3.63) is 18.0 Å². The number of ketones is 1. The van der Waals surface area contributed by atoms with Crippen molar-refractivity contribution in [3.63, 3.8) is 0 Å². The number of ether oxygens (including phenoxy) is 1. The van der Waals surface area contributed by atoms with E-state index in [1.54, 1.807) is 24.0 Å². The number of rotatable bonds is 3. The van der Waals surface area contributed by atoms with Gasteiger partial charge in [0.25, 0.3) is 0 Å². The van der Waals surface area contributed by atoms with Gasteiger partial charge in [-0.2, -0.15) is 5.10 Å². The summed E-state index contributed by atoms with van der Waals surface area (Å²) in [6.45, 7) is 5.53. The SMILES string of the molecule is Cn1nccc1C(=O)C1CCC(NC(=O)OC(C)(C)C)CC1. The minimum absolute atomic E-state index is 0.0205. The summed E-state index contributed by atoms with van der Waals surface area (Å²) in [5.74, 6) is 0.169. The number of carbonyl (C=O) groups is 2. The van der Waals surface area contributed by atoms with Gasteiger partial charge < -0.3 is 10.1 Å². The summed E-state index contributed by atoms with van der Waals surface area (Å²) < 4.78 is 6.88. The summed E-state index contributed by atoms with van der Waals surface area (Å²) in [4.78, 5) is 24.2. The van der Waals surface area contributed by atoms with Gasteiger partial charge in [0.2, 0.25) is 0 Å². The number of nitrogens with one attached hydrogen (secondary N) is 1. The molecule has 2 rings (SSSR count). The second kappa shape index (κ2) is 6.50. The molecular formula is C16H25N3O3. The van der Waals surface area contributed by atoms with E-state index in [4.69, 9.17) is 4.74 Å². The zero-order valence-corrected chi connectivity index (χ0v) is 13.8. The summed E-state index contributed by atoms with van der Waals surface area (Å²) in [6.07, 6.45) is 4.42. The van der Waals surface area contributed by atoms with Crippen molar-refractivity contribution >= 4 is 11.9 Å². The van der Waals surface area contributed by atoms with Crippen molar-refractivity contribution in [1.82, 2.24) is 15.1 Å². The fourth-order valence-electron chi connectivity index (χ4n) is 2.80. The fourth-order valence-corrected chi connectivity index (χ4v) is 2.80. The number of alkyl carbamates (subject to hydrolysis) is 1. The number of nitrogens with zero attached hydrogens (tertiary/aromatic N) is 2. The highest BCUT2D eigenvalue weighted by Gasteiger charge is 2.29. The normalized spacial score (nSPS) is 22.2. The zero-order valence-electron chi connectivity index (χ0n) is 13.8. The molecule has 1 aromatic heterocycles. The van der Waals surface area contributed by atoms with E-state index in [1.165, 1.54) is 0 Å². The van der Waals surface area contributed by atoms with Crippen LogP contribution in [0.2, 0.25) is 0 Å². The molecule has 1 heterocycles. The number of carbonyl (C=O) groups excluding carboxylic acids is 2. The Hall–Kier alpha value is -1.85. The van der Waals surface area contributed by atoms with Gasteiger partial charge in [-0.15, -0.1) is 0 Å².